The van der Waals surface area contributed by atoms with Crippen LogP contribution in [0.15, 0.2) is 18.3 Å². The van der Waals surface area contributed by atoms with Gasteiger partial charge in [-0.15, -0.1) is 0 Å². The maximum atomic E-state index is 11.5. The predicted molar refractivity (Wildman–Crippen MR) is 64.0 cm³/mol. The quantitative estimate of drug-likeness (QED) is 0.705. The van der Waals surface area contributed by atoms with Crippen molar-refractivity contribution in [2.24, 2.45) is 5.92 Å². The third kappa shape index (κ3) is 4.03. The maximum Gasteiger partial charge on any atom is 0.300 e. The van der Waals surface area contributed by atoms with Gasteiger partial charge in [0, 0.05) is 12.7 Å². The van der Waals surface area contributed by atoms with E-state index in [1.54, 1.807) is 12.1 Å². The Balaban J connectivity index is 2.70. The molecular weight excluding hydrogens is 228 g/mol. The molecule has 0 aliphatic heterocycles. The number of rotatable bonds is 5. The van der Waals surface area contributed by atoms with Crippen molar-refractivity contribution < 1.29 is 8.42 Å². The van der Waals surface area contributed by atoms with Gasteiger partial charge in [0.05, 0.1) is 5.69 Å². The minimum atomic E-state index is -3.59. The van der Waals surface area contributed by atoms with Gasteiger partial charge in [-0.3, -0.25) is 4.72 Å². The molecule has 0 bridgehead atoms. The summed E-state index contributed by atoms with van der Waals surface area (Å²) < 4.78 is 27.7. The maximum absolute atomic E-state index is 11.5. The van der Waals surface area contributed by atoms with Crippen LogP contribution in [0.1, 0.15) is 13.8 Å². The lowest BCUT2D eigenvalue weighted by molar-refractivity contribution is 0.564. The second kappa shape index (κ2) is 5.13. The fourth-order valence-electron chi connectivity index (χ4n) is 0.943. The Morgan fingerprint density at radius 2 is 2.19 bits per heavy atom. The molecule has 90 valence electrons. The first kappa shape index (κ1) is 12.7. The number of aromatic nitrogens is 1. The molecule has 4 N–H and O–H groups in total. The van der Waals surface area contributed by atoms with Crippen molar-refractivity contribution in [1.29, 1.82) is 0 Å². The van der Waals surface area contributed by atoms with E-state index in [0.29, 0.717) is 6.54 Å². The Morgan fingerprint density at radius 1 is 1.50 bits per heavy atom. The molecular formula is C9H16N4O2S. The number of anilines is 2. The summed E-state index contributed by atoms with van der Waals surface area (Å²) in [5, 5.41) is 0. The van der Waals surface area contributed by atoms with E-state index >= 15 is 0 Å². The molecule has 0 fully saturated rings. The number of hydrogen-bond donors (Lipinski definition) is 3. The molecule has 0 amide bonds. The number of pyridine rings is 1. The number of nitrogens with two attached hydrogens (primary N) is 1. The second-order valence-corrected chi connectivity index (χ2v) is 5.29. The summed E-state index contributed by atoms with van der Waals surface area (Å²) in [7, 11) is -3.59. The summed E-state index contributed by atoms with van der Waals surface area (Å²) in [6.45, 7) is 4.19. The molecule has 7 heteroatoms. The first-order valence-electron chi connectivity index (χ1n) is 4.88. The molecule has 1 aromatic heterocycles. The summed E-state index contributed by atoms with van der Waals surface area (Å²) >= 11 is 0. The van der Waals surface area contributed by atoms with Crippen molar-refractivity contribution in [2.75, 3.05) is 17.0 Å². The summed E-state index contributed by atoms with van der Waals surface area (Å²) in [4.78, 5) is 3.84. The standard InChI is InChI=1S/C9H16N4O2S/c1-7(2)6-12-16(14,15)13-9-8(10)4-3-5-11-9/h3-5,7,12H,6,10H2,1-2H3,(H,11,13). The van der Waals surface area contributed by atoms with Crippen LogP contribution < -0.4 is 15.2 Å². The molecule has 0 atom stereocenters. The van der Waals surface area contributed by atoms with E-state index in [1.807, 2.05) is 13.8 Å². The summed E-state index contributed by atoms with van der Waals surface area (Å²) in [6.07, 6.45) is 1.47. The number of nitrogens with one attached hydrogen (secondary N) is 2. The van der Waals surface area contributed by atoms with Gasteiger partial charge in [0.1, 0.15) is 0 Å². The normalized spacial score (nSPS) is 11.7. The summed E-state index contributed by atoms with van der Waals surface area (Å²) in [5.41, 5.74) is 5.86. The first-order chi connectivity index (χ1) is 7.41. The van der Waals surface area contributed by atoms with Crippen molar-refractivity contribution in [2.45, 2.75) is 13.8 Å². The molecule has 0 unspecified atom stereocenters. The molecule has 0 aliphatic rings. The molecule has 6 nitrogen and oxygen atoms in total. The van der Waals surface area contributed by atoms with E-state index in [2.05, 4.69) is 14.4 Å². The zero-order chi connectivity index (χ0) is 12.2. The van der Waals surface area contributed by atoms with Crippen LogP contribution in [0.4, 0.5) is 11.5 Å². The van der Waals surface area contributed by atoms with Crippen LogP contribution in [-0.4, -0.2) is 19.9 Å². The zero-order valence-electron chi connectivity index (χ0n) is 9.27. The van der Waals surface area contributed by atoms with Crippen molar-refractivity contribution in [3.63, 3.8) is 0 Å². The predicted octanol–water partition coefficient (Wildman–Crippen LogP) is 0.566. The fraction of sp³-hybridized carbons (Fsp3) is 0.444. The van der Waals surface area contributed by atoms with Gasteiger partial charge in [0.2, 0.25) is 0 Å². The smallest absolute Gasteiger partial charge is 0.300 e. The largest absolute Gasteiger partial charge is 0.396 e. The second-order valence-electron chi connectivity index (χ2n) is 3.79. The minimum Gasteiger partial charge on any atom is -0.396 e. The average molecular weight is 244 g/mol. The number of nitrogens with zero attached hydrogens (tertiary/aromatic N) is 1. The van der Waals surface area contributed by atoms with E-state index < -0.39 is 10.2 Å². The molecule has 0 saturated carbocycles. The van der Waals surface area contributed by atoms with Gasteiger partial charge >= 0.3 is 0 Å². The molecule has 0 radical (unpaired) electrons. The average Bonchev–Trinajstić information content (AvgIpc) is 2.19. The van der Waals surface area contributed by atoms with E-state index in [4.69, 9.17) is 5.73 Å². The molecule has 16 heavy (non-hydrogen) atoms. The fourth-order valence-corrected chi connectivity index (χ4v) is 1.99. The lowest BCUT2D eigenvalue weighted by atomic mass is 10.2. The van der Waals surface area contributed by atoms with Crippen molar-refractivity contribution >= 4 is 21.7 Å². The Morgan fingerprint density at radius 3 is 2.75 bits per heavy atom. The third-order valence-electron chi connectivity index (χ3n) is 1.75. The highest BCUT2D eigenvalue weighted by atomic mass is 32.2. The van der Waals surface area contributed by atoms with Crippen LogP contribution in [0.2, 0.25) is 0 Å². The third-order valence-corrected chi connectivity index (χ3v) is 2.76. The van der Waals surface area contributed by atoms with Gasteiger partial charge in [-0.05, 0) is 18.1 Å². The number of hydrogen-bond acceptors (Lipinski definition) is 4. The molecule has 1 aromatic rings. The lowest BCUT2D eigenvalue weighted by Crippen LogP contribution is -2.33. The molecule has 1 rings (SSSR count). The van der Waals surface area contributed by atoms with E-state index in [9.17, 15) is 8.42 Å². The van der Waals surface area contributed by atoms with Crippen molar-refractivity contribution in [1.82, 2.24) is 9.71 Å². The van der Waals surface area contributed by atoms with Crippen LogP contribution >= 0.6 is 0 Å². The highest BCUT2D eigenvalue weighted by molar-refractivity contribution is 7.90. The number of nitrogen functional groups attached to an aromatic ring is 1. The Bertz CT molecular complexity index is 445. The molecule has 0 spiro atoms. The molecule has 0 aliphatic carbocycles. The topological polar surface area (TPSA) is 97.1 Å². The highest BCUT2D eigenvalue weighted by Crippen LogP contribution is 2.13. The Hall–Kier alpha value is -1.34. The molecule has 1 heterocycles. The van der Waals surface area contributed by atoms with Crippen LogP contribution in [0.25, 0.3) is 0 Å². The van der Waals surface area contributed by atoms with Crippen LogP contribution in [-0.2, 0) is 10.2 Å². The highest BCUT2D eigenvalue weighted by Gasteiger charge is 2.12. The van der Waals surface area contributed by atoms with Gasteiger partial charge in [0.25, 0.3) is 10.2 Å². The minimum absolute atomic E-state index is 0.138. The van der Waals surface area contributed by atoms with Gasteiger partial charge in [-0.2, -0.15) is 13.1 Å². The Kier molecular flexibility index (Phi) is 4.08. The lowest BCUT2D eigenvalue weighted by Gasteiger charge is -2.11. The first-order valence-corrected chi connectivity index (χ1v) is 6.37. The summed E-state index contributed by atoms with van der Waals surface area (Å²) in [5.74, 6) is 0.372. The van der Waals surface area contributed by atoms with Crippen LogP contribution in [0.3, 0.4) is 0 Å². The van der Waals surface area contributed by atoms with Gasteiger partial charge in [-0.25, -0.2) is 4.98 Å². The zero-order valence-corrected chi connectivity index (χ0v) is 10.1. The molecule has 0 saturated heterocycles. The van der Waals surface area contributed by atoms with Gasteiger partial charge in [0.15, 0.2) is 5.82 Å². The monoisotopic (exact) mass is 244 g/mol. The van der Waals surface area contributed by atoms with Crippen molar-refractivity contribution in [3.8, 4) is 0 Å². The van der Waals surface area contributed by atoms with E-state index in [-0.39, 0.29) is 17.4 Å². The van der Waals surface area contributed by atoms with E-state index in [0.717, 1.165) is 0 Å². The Labute approximate surface area is 95.4 Å². The van der Waals surface area contributed by atoms with Gasteiger partial charge in [-0.1, -0.05) is 13.8 Å². The SMILES string of the molecule is CC(C)CNS(=O)(=O)Nc1ncccc1N. The van der Waals surface area contributed by atoms with Crippen LogP contribution in [0.5, 0.6) is 0 Å². The molecule has 0 aromatic carbocycles. The van der Waals surface area contributed by atoms with E-state index in [1.165, 1.54) is 6.20 Å². The van der Waals surface area contributed by atoms with Crippen molar-refractivity contribution in [3.05, 3.63) is 18.3 Å². The van der Waals surface area contributed by atoms with Gasteiger partial charge < -0.3 is 5.73 Å². The summed E-state index contributed by atoms with van der Waals surface area (Å²) in [6, 6.07) is 3.21. The van der Waals surface area contributed by atoms with Crippen LogP contribution in [0, 0.1) is 5.92 Å².